The first-order valence-electron chi connectivity index (χ1n) is 18.0. The Morgan fingerprint density at radius 2 is 1.24 bits per heavy atom. The maximum atomic E-state index is 4.66. The van der Waals surface area contributed by atoms with Crippen LogP contribution in [0, 0.1) is 37.9 Å². The molecule has 279 valence electrons. The van der Waals surface area contributed by atoms with Crippen molar-refractivity contribution >= 4 is 11.4 Å². The van der Waals surface area contributed by atoms with Crippen molar-refractivity contribution in [3.63, 3.8) is 0 Å². The molecule has 0 bridgehead atoms. The molecule has 0 unspecified atom stereocenters. The zero-order valence-electron chi connectivity index (χ0n) is 30.5. The van der Waals surface area contributed by atoms with E-state index in [1.54, 1.807) is 4.68 Å². The minimum absolute atomic E-state index is 0. The first-order valence-corrected chi connectivity index (χ1v) is 18.0. The second kappa shape index (κ2) is 19.0. The summed E-state index contributed by atoms with van der Waals surface area (Å²) in [4.78, 5) is 8.67. The normalized spacial score (nSPS) is 13.4. The molecule has 1 radical (unpaired) electrons. The third-order valence-corrected chi connectivity index (χ3v) is 8.63. The van der Waals surface area contributed by atoms with E-state index in [9.17, 15) is 0 Å². The summed E-state index contributed by atoms with van der Waals surface area (Å²) in [5, 5.41) is 13.2. The van der Waals surface area contributed by atoms with Crippen molar-refractivity contribution in [1.29, 1.82) is 0 Å². The molecular weight excluding hydrogens is 849 g/mol. The van der Waals surface area contributed by atoms with Gasteiger partial charge in [-0.25, -0.2) is 15.6 Å². The van der Waals surface area contributed by atoms with Gasteiger partial charge in [0.2, 0.25) is 0 Å². The van der Waals surface area contributed by atoms with Crippen LogP contribution in [-0.4, -0.2) is 47.8 Å². The monoisotopic (exact) mass is 892 g/mol. The molecule has 0 spiro atoms. The van der Waals surface area contributed by atoms with Crippen LogP contribution in [0.2, 0.25) is 0 Å². The number of para-hydroxylation sites is 2. The summed E-state index contributed by atoms with van der Waals surface area (Å²) in [5.74, 6) is 0. The van der Waals surface area contributed by atoms with Crippen LogP contribution >= 0.6 is 0 Å². The van der Waals surface area contributed by atoms with Crippen LogP contribution in [-0.2, 0) is 33.2 Å². The summed E-state index contributed by atoms with van der Waals surface area (Å²) >= 11 is 0. The molecule has 10 nitrogen and oxygen atoms in total. The molecule has 4 aromatic carbocycles. The molecule has 0 saturated heterocycles. The van der Waals surface area contributed by atoms with Gasteiger partial charge in [0.05, 0.1) is 6.04 Å². The predicted molar refractivity (Wildman–Crippen MR) is 206 cm³/mol. The summed E-state index contributed by atoms with van der Waals surface area (Å²) in [5.41, 5.74) is 5.92. The SMILES string of the molecule is CC(C)n1n[n+](Cc2ccccc2)[c-]c1-c1[c-]n(Cc2ccccc2)nn1.[Ir].[c-]1ccccc1N1C=CN(CCCCN2C=CN(c3[c-]cccc3)[CH-]2)[CH-]1. The molecule has 0 aliphatic carbocycles. The molecule has 0 fully saturated rings. The zero-order chi connectivity index (χ0) is 36.2. The molecule has 4 heterocycles. The van der Waals surface area contributed by atoms with E-state index in [4.69, 9.17) is 0 Å². The van der Waals surface area contributed by atoms with Crippen LogP contribution in [0.4, 0.5) is 11.4 Å². The number of rotatable bonds is 13. The van der Waals surface area contributed by atoms with Crippen LogP contribution in [0.5, 0.6) is 0 Å². The zero-order valence-corrected chi connectivity index (χ0v) is 32.9. The van der Waals surface area contributed by atoms with Crippen molar-refractivity contribution in [1.82, 2.24) is 34.7 Å². The second-order valence-electron chi connectivity index (χ2n) is 13.0. The molecule has 2 aliphatic heterocycles. The third-order valence-electron chi connectivity index (χ3n) is 8.63. The molecule has 2 aliphatic rings. The molecule has 6 aromatic rings. The van der Waals surface area contributed by atoms with E-state index in [0.29, 0.717) is 18.8 Å². The van der Waals surface area contributed by atoms with Crippen LogP contribution in [0.1, 0.15) is 43.9 Å². The Labute approximate surface area is 332 Å². The number of hydrogen-bond acceptors (Lipinski definition) is 7. The third kappa shape index (κ3) is 10.3. The van der Waals surface area contributed by atoms with Crippen molar-refractivity contribution in [2.75, 3.05) is 22.9 Å². The van der Waals surface area contributed by atoms with Gasteiger partial charge in [-0.2, -0.15) is 79.7 Å². The van der Waals surface area contributed by atoms with Crippen LogP contribution in [0.3, 0.4) is 0 Å². The van der Waals surface area contributed by atoms with Gasteiger partial charge in [0.1, 0.15) is 6.54 Å². The van der Waals surface area contributed by atoms with Gasteiger partial charge in [-0.3, -0.25) is 5.10 Å². The molecule has 8 rings (SSSR count). The van der Waals surface area contributed by atoms with E-state index in [1.807, 2.05) is 82.2 Å². The van der Waals surface area contributed by atoms with Gasteiger partial charge in [-0.15, -0.1) is 16.6 Å². The van der Waals surface area contributed by atoms with Crippen LogP contribution in [0.25, 0.3) is 11.4 Å². The Balaban J connectivity index is 0.000000181. The fraction of sp³-hybridized carbons (Fsp3) is 0.209. The van der Waals surface area contributed by atoms with E-state index in [1.165, 1.54) is 5.56 Å². The fourth-order valence-corrected chi connectivity index (χ4v) is 5.92. The van der Waals surface area contributed by atoms with Gasteiger partial charge in [0.15, 0.2) is 0 Å². The molecule has 54 heavy (non-hydrogen) atoms. The summed E-state index contributed by atoms with van der Waals surface area (Å²) in [6, 6.07) is 43.1. The Bertz CT molecular complexity index is 1980. The maximum absolute atomic E-state index is 4.66. The standard InChI is InChI=1S/C22H22N4.C21H21N6.Ir/c1-3-9-21(10-4-1)25-17-15-23(19-25)13-7-8-14-24-16-18-26(20-24)22-11-5-2-6-12-22;1-17(2)27-21(16-26(24-27)14-19-11-7-4-8-12-19)20-15-25(23-22-20)13-18-9-5-3-6-10-18;/h1-6,9,11,15-20H,7-8,13-14H2;3-12,17H,13-14H2,1-2H3;/q-4;-1;. The first-order chi connectivity index (χ1) is 26.1. The summed E-state index contributed by atoms with van der Waals surface area (Å²) in [6.45, 7) is 11.8. The Hall–Kier alpha value is -5.51. The van der Waals surface area contributed by atoms with Crippen molar-refractivity contribution in [3.05, 3.63) is 183 Å². The molecule has 0 N–H and O–H groups in total. The second-order valence-corrected chi connectivity index (χ2v) is 13.0. The number of nitrogens with zero attached hydrogens (tertiary/aromatic N) is 10. The van der Waals surface area contributed by atoms with Crippen LogP contribution in [0.15, 0.2) is 134 Å². The molecule has 11 heteroatoms. The van der Waals surface area contributed by atoms with Crippen molar-refractivity contribution < 1.29 is 24.8 Å². The van der Waals surface area contributed by atoms with Gasteiger partial charge in [0.25, 0.3) is 0 Å². The predicted octanol–water partition coefficient (Wildman–Crippen LogP) is 6.90. The Kier molecular flexibility index (Phi) is 13.5. The minimum Gasteiger partial charge on any atom is -0.508 e. The number of anilines is 2. The first kappa shape index (κ1) is 38.2. The molecule has 2 aromatic heterocycles. The van der Waals surface area contributed by atoms with Gasteiger partial charge < -0.3 is 24.3 Å². The topological polar surface area (TPSA) is 65.4 Å². The van der Waals surface area contributed by atoms with E-state index in [2.05, 4.69) is 148 Å². The van der Waals surface area contributed by atoms with E-state index in [0.717, 1.165) is 48.6 Å². The van der Waals surface area contributed by atoms with Gasteiger partial charge in [0, 0.05) is 31.9 Å². The van der Waals surface area contributed by atoms with Gasteiger partial charge >= 0.3 is 0 Å². The Morgan fingerprint density at radius 1 is 0.685 bits per heavy atom. The number of unbranched alkanes of at least 4 members (excludes halogenated alkanes) is 1. The summed E-state index contributed by atoms with van der Waals surface area (Å²) in [6.07, 6.45) is 17.3. The average molecular weight is 892 g/mol. The smallest absolute Gasteiger partial charge is 0.116 e. The number of aromatic nitrogens is 6. The maximum Gasteiger partial charge on any atom is 0.116 e. The number of benzene rings is 4. The van der Waals surface area contributed by atoms with E-state index >= 15 is 0 Å². The molecule has 0 saturated carbocycles. The summed E-state index contributed by atoms with van der Waals surface area (Å²) < 4.78 is 5.45. The average Bonchev–Trinajstić information content (AvgIpc) is 4.03. The molecule has 0 atom stereocenters. The van der Waals surface area contributed by atoms with Crippen molar-refractivity contribution in [3.8, 4) is 11.4 Å². The largest absolute Gasteiger partial charge is 0.508 e. The molecule has 0 amide bonds. The Morgan fingerprint density at radius 3 is 1.78 bits per heavy atom. The minimum atomic E-state index is 0. The van der Waals surface area contributed by atoms with E-state index in [-0.39, 0.29) is 26.1 Å². The van der Waals surface area contributed by atoms with E-state index < -0.39 is 0 Å². The van der Waals surface area contributed by atoms with Gasteiger partial charge in [-0.1, -0.05) is 72.6 Å². The van der Waals surface area contributed by atoms with Crippen molar-refractivity contribution in [2.24, 2.45) is 0 Å². The quantitative estimate of drug-likeness (QED) is 0.0711. The van der Waals surface area contributed by atoms with Gasteiger partial charge in [-0.05, 0) is 75.7 Å². The number of hydrogen-bond donors (Lipinski definition) is 0. The van der Waals surface area contributed by atoms with Crippen molar-refractivity contribution in [2.45, 2.75) is 45.8 Å². The summed E-state index contributed by atoms with van der Waals surface area (Å²) in [7, 11) is 0. The fourth-order valence-electron chi connectivity index (χ4n) is 5.92. The molecular formula is C43H43IrN10-5. The van der Waals surface area contributed by atoms with Crippen LogP contribution < -0.4 is 14.5 Å².